The Bertz CT molecular complexity index is 1800. The third kappa shape index (κ3) is 7.27. The van der Waals surface area contributed by atoms with E-state index in [1.54, 1.807) is 28.5 Å². The summed E-state index contributed by atoms with van der Waals surface area (Å²) in [5.74, 6) is -0.244. The van der Waals surface area contributed by atoms with Crippen molar-refractivity contribution in [1.29, 1.82) is 0 Å². The number of nitrogens with zero attached hydrogens (tertiary/aromatic N) is 4. The summed E-state index contributed by atoms with van der Waals surface area (Å²) in [7, 11) is 0. The van der Waals surface area contributed by atoms with E-state index in [1.807, 2.05) is 110 Å². The van der Waals surface area contributed by atoms with E-state index in [4.69, 9.17) is 0 Å². The van der Waals surface area contributed by atoms with Crippen LogP contribution in [0.1, 0.15) is 37.8 Å². The lowest BCUT2D eigenvalue weighted by molar-refractivity contribution is -0.144. The molecule has 0 fully saturated rings. The van der Waals surface area contributed by atoms with Gasteiger partial charge < -0.3 is 9.80 Å². The van der Waals surface area contributed by atoms with E-state index in [-0.39, 0.29) is 11.8 Å². The van der Waals surface area contributed by atoms with Crippen molar-refractivity contribution in [3.05, 3.63) is 147 Å². The minimum Gasteiger partial charge on any atom is -0.336 e. The highest BCUT2D eigenvalue weighted by Crippen LogP contribution is 2.25. The number of fused-ring (bicyclic) bond motifs is 1. The largest absolute Gasteiger partial charge is 0.336 e. The van der Waals surface area contributed by atoms with Crippen LogP contribution in [-0.2, 0) is 35.5 Å². The third-order valence-corrected chi connectivity index (χ3v) is 9.28. The molecule has 3 aromatic carbocycles. The summed E-state index contributed by atoms with van der Waals surface area (Å²) in [6.45, 7) is 5.36. The molecule has 5 aromatic rings. The van der Waals surface area contributed by atoms with Crippen molar-refractivity contribution in [2.45, 2.75) is 45.8 Å². The van der Waals surface area contributed by atoms with Gasteiger partial charge in [-0.05, 0) is 60.7 Å². The maximum Gasteiger partial charge on any atom is 0.247 e. The van der Waals surface area contributed by atoms with Gasteiger partial charge in [0, 0.05) is 43.9 Å². The Hall–Kier alpha value is -4.88. The standard InChI is InChI=1S/C38H36N4O2S/c1-27-36(45-28(2)40-27)19-20-37(43)42(25-30-15-17-32(18-16-30)34-14-8-9-22-39-34)35(24-29-10-4-3-5-11-29)38(44)41-23-21-31-12-6-7-13-33(31)26-41/h3-20,22,35H,21,23-26H2,1-2H3/t35-/m0/s1. The van der Waals surface area contributed by atoms with Crippen LogP contribution < -0.4 is 0 Å². The quantitative estimate of drug-likeness (QED) is 0.167. The highest BCUT2D eigenvalue weighted by molar-refractivity contribution is 7.12. The zero-order valence-electron chi connectivity index (χ0n) is 25.6. The second-order valence-electron chi connectivity index (χ2n) is 11.4. The number of aryl methyl sites for hydroxylation is 2. The Labute approximate surface area is 268 Å². The Morgan fingerprint density at radius 3 is 2.33 bits per heavy atom. The van der Waals surface area contributed by atoms with E-state index in [9.17, 15) is 9.59 Å². The molecule has 1 atom stereocenters. The maximum atomic E-state index is 14.5. The summed E-state index contributed by atoms with van der Waals surface area (Å²) in [6.07, 6.45) is 6.43. The van der Waals surface area contributed by atoms with Gasteiger partial charge in [-0.2, -0.15) is 0 Å². The molecule has 0 bridgehead atoms. The van der Waals surface area contributed by atoms with Crippen molar-refractivity contribution >= 4 is 29.2 Å². The van der Waals surface area contributed by atoms with Crippen LogP contribution >= 0.6 is 11.3 Å². The molecule has 0 aliphatic carbocycles. The molecular formula is C38H36N4O2S. The van der Waals surface area contributed by atoms with Gasteiger partial charge in [-0.25, -0.2) is 4.98 Å². The number of pyridine rings is 1. The first-order chi connectivity index (χ1) is 21.9. The number of rotatable bonds is 9. The average molecular weight is 613 g/mol. The van der Waals surface area contributed by atoms with Crippen LogP contribution in [0.25, 0.3) is 17.3 Å². The molecule has 2 amide bonds. The van der Waals surface area contributed by atoms with Crippen LogP contribution in [0.15, 0.2) is 109 Å². The fraction of sp³-hybridized carbons (Fsp3) is 0.211. The molecule has 0 spiro atoms. The van der Waals surface area contributed by atoms with Crippen molar-refractivity contribution in [2.75, 3.05) is 6.54 Å². The average Bonchev–Trinajstić information content (AvgIpc) is 3.41. The number of aromatic nitrogens is 2. The molecule has 1 aliphatic rings. The van der Waals surface area contributed by atoms with E-state index in [1.165, 1.54) is 5.56 Å². The fourth-order valence-electron chi connectivity index (χ4n) is 5.86. The molecule has 3 heterocycles. The van der Waals surface area contributed by atoms with E-state index < -0.39 is 6.04 Å². The van der Waals surface area contributed by atoms with E-state index >= 15 is 0 Å². The molecule has 6 nitrogen and oxygen atoms in total. The van der Waals surface area contributed by atoms with Crippen LogP contribution in [0.4, 0.5) is 0 Å². The zero-order chi connectivity index (χ0) is 31.2. The number of hydrogen-bond acceptors (Lipinski definition) is 5. The summed E-state index contributed by atoms with van der Waals surface area (Å²) >= 11 is 1.56. The summed E-state index contributed by atoms with van der Waals surface area (Å²) in [5.41, 5.74) is 7.16. The number of hydrogen-bond donors (Lipinski definition) is 0. The van der Waals surface area contributed by atoms with Crippen LogP contribution in [0.2, 0.25) is 0 Å². The van der Waals surface area contributed by atoms with Gasteiger partial charge in [0.05, 0.1) is 21.3 Å². The lowest BCUT2D eigenvalue weighted by atomic mass is 9.97. The molecule has 7 heteroatoms. The van der Waals surface area contributed by atoms with Gasteiger partial charge in [0.1, 0.15) is 6.04 Å². The smallest absolute Gasteiger partial charge is 0.247 e. The number of carbonyl (C=O) groups is 2. The van der Waals surface area contributed by atoms with Crippen LogP contribution in [0, 0.1) is 13.8 Å². The topological polar surface area (TPSA) is 66.4 Å². The Morgan fingerprint density at radius 2 is 1.62 bits per heavy atom. The van der Waals surface area contributed by atoms with Gasteiger partial charge in [0.25, 0.3) is 0 Å². The molecule has 1 aliphatic heterocycles. The summed E-state index contributed by atoms with van der Waals surface area (Å²) in [5, 5.41) is 0.951. The number of carbonyl (C=O) groups excluding carboxylic acids is 2. The lowest BCUT2D eigenvalue weighted by Gasteiger charge is -2.37. The van der Waals surface area contributed by atoms with Crippen molar-refractivity contribution in [2.24, 2.45) is 0 Å². The highest BCUT2D eigenvalue weighted by atomic mass is 32.1. The molecule has 226 valence electrons. The van der Waals surface area contributed by atoms with Crippen LogP contribution in [0.5, 0.6) is 0 Å². The van der Waals surface area contributed by atoms with Gasteiger partial charge in [-0.15, -0.1) is 11.3 Å². The maximum absolute atomic E-state index is 14.5. The molecule has 0 unspecified atom stereocenters. The van der Waals surface area contributed by atoms with Gasteiger partial charge in [-0.1, -0.05) is 84.9 Å². The van der Waals surface area contributed by atoms with Crippen LogP contribution in [-0.4, -0.2) is 44.2 Å². The van der Waals surface area contributed by atoms with Crippen molar-refractivity contribution in [3.63, 3.8) is 0 Å². The van der Waals surface area contributed by atoms with E-state index in [0.717, 1.165) is 49.9 Å². The predicted molar refractivity (Wildman–Crippen MR) is 180 cm³/mol. The van der Waals surface area contributed by atoms with Crippen molar-refractivity contribution in [1.82, 2.24) is 19.8 Å². The van der Waals surface area contributed by atoms with E-state index in [2.05, 4.69) is 22.1 Å². The predicted octanol–water partition coefficient (Wildman–Crippen LogP) is 7.06. The third-order valence-electron chi connectivity index (χ3n) is 8.24. The van der Waals surface area contributed by atoms with Gasteiger partial charge in [0.15, 0.2) is 0 Å². The second kappa shape index (κ2) is 13.8. The minimum atomic E-state index is -0.686. The molecule has 0 N–H and O–H groups in total. The van der Waals surface area contributed by atoms with Gasteiger partial charge in [-0.3, -0.25) is 14.6 Å². The SMILES string of the molecule is Cc1nc(C)c(C=CC(=O)N(Cc2ccc(-c3ccccn3)cc2)[C@@H](Cc2ccccc2)C(=O)N2CCc3ccccc3C2)s1. The fourth-order valence-corrected chi connectivity index (χ4v) is 6.69. The van der Waals surface area contributed by atoms with Crippen molar-refractivity contribution < 1.29 is 9.59 Å². The number of thiazole rings is 1. The lowest BCUT2D eigenvalue weighted by Crippen LogP contribution is -2.52. The second-order valence-corrected chi connectivity index (χ2v) is 12.6. The first kappa shape index (κ1) is 30.2. The minimum absolute atomic E-state index is 0.0370. The molecular weight excluding hydrogens is 577 g/mol. The Morgan fingerprint density at radius 1 is 0.889 bits per heavy atom. The summed E-state index contributed by atoms with van der Waals surface area (Å²) in [6, 6.07) is 31.5. The normalized spacial score (nSPS) is 13.4. The highest BCUT2D eigenvalue weighted by Gasteiger charge is 2.34. The van der Waals surface area contributed by atoms with Gasteiger partial charge in [0.2, 0.25) is 11.8 Å². The first-order valence-corrected chi connectivity index (χ1v) is 16.1. The monoisotopic (exact) mass is 612 g/mol. The zero-order valence-corrected chi connectivity index (χ0v) is 26.4. The molecule has 0 saturated heterocycles. The molecule has 45 heavy (non-hydrogen) atoms. The molecule has 6 rings (SSSR count). The number of benzene rings is 3. The number of amides is 2. The molecule has 0 saturated carbocycles. The van der Waals surface area contributed by atoms with E-state index in [0.29, 0.717) is 26.1 Å². The molecule has 0 radical (unpaired) electrons. The summed E-state index contributed by atoms with van der Waals surface area (Å²) < 4.78 is 0. The van der Waals surface area contributed by atoms with Gasteiger partial charge >= 0.3 is 0 Å². The summed E-state index contributed by atoms with van der Waals surface area (Å²) in [4.78, 5) is 42.3. The van der Waals surface area contributed by atoms with Crippen molar-refractivity contribution in [3.8, 4) is 11.3 Å². The Kier molecular flexibility index (Phi) is 9.27. The van der Waals surface area contributed by atoms with Crippen LogP contribution in [0.3, 0.4) is 0 Å². The molecule has 2 aromatic heterocycles. The Balaban J connectivity index is 1.35. The first-order valence-electron chi connectivity index (χ1n) is 15.3.